The van der Waals surface area contributed by atoms with Gasteiger partial charge in [0.2, 0.25) is 0 Å². The number of nitrogens with one attached hydrogen (secondary N) is 1. The average Bonchev–Trinajstić information content (AvgIpc) is 2.78. The van der Waals surface area contributed by atoms with Crippen LogP contribution in [0.1, 0.15) is 0 Å². The summed E-state index contributed by atoms with van der Waals surface area (Å²) in [6.07, 6.45) is 4.98. The molecule has 2 amide bonds. The maximum absolute atomic E-state index is 11.4. The lowest BCUT2D eigenvalue weighted by Crippen LogP contribution is -2.27. The van der Waals surface area contributed by atoms with E-state index in [1.54, 1.807) is 37.4 Å². The number of pyridine rings is 1. The van der Waals surface area contributed by atoms with Gasteiger partial charge in [-0.1, -0.05) is 6.07 Å². The Morgan fingerprint density at radius 1 is 1.41 bits per heavy atom. The van der Waals surface area contributed by atoms with E-state index in [4.69, 9.17) is 0 Å². The van der Waals surface area contributed by atoms with Crippen molar-refractivity contribution < 1.29 is 4.79 Å². The number of aromatic nitrogens is 3. The zero-order chi connectivity index (χ0) is 12.3. The molecule has 2 aromatic rings. The molecule has 0 aliphatic rings. The number of rotatable bonds is 2. The lowest BCUT2D eigenvalue weighted by molar-refractivity contribution is 0.230. The minimum atomic E-state index is -0.189. The lowest BCUT2D eigenvalue weighted by atomic mass is 10.5. The van der Waals surface area contributed by atoms with Crippen LogP contribution in [0.3, 0.4) is 0 Å². The summed E-state index contributed by atoms with van der Waals surface area (Å²) < 4.78 is 1.60. The second-order valence-corrected chi connectivity index (χ2v) is 3.69. The maximum Gasteiger partial charge on any atom is 0.321 e. The molecule has 2 heterocycles. The first kappa shape index (κ1) is 11.1. The Kier molecular flexibility index (Phi) is 3.04. The predicted molar refractivity (Wildman–Crippen MR) is 64.1 cm³/mol. The maximum atomic E-state index is 11.4. The van der Waals surface area contributed by atoms with Gasteiger partial charge in [-0.2, -0.15) is 5.10 Å². The van der Waals surface area contributed by atoms with E-state index in [0.717, 1.165) is 0 Å². The molecule has 2 aromatic heterocycles. The van der Waals surface area contributed by atoms with E-state index in [-0.39, 0.29) is 6.03 Å². The van der Waals surface area contributed by atoms with Crippen LogP contribution in [-0.4, -0.2) is 39.8 Å². The molecule has 0 spiro atoms. The number of anilines is 1. The number of carbonyl (C=O) groups excluding carboxylic acids is 1. The van der Waals surface area contributed by atoms with Crippen molar-refractivity contribution in [3.8, 4) is 5.82 Å². The van der Waals surface area contributed by atoms with E-state index in [2.05, 4.69) is 15.4 Å². The minimum Gasteiger partial charge on any atom is -0.331 e. The highest BCUT2D eigenvalue weighted by molar-refractivity contribution is 5.88. The zero-order valence-corrected chi connectivity index (χ0v) is 9.66. The molecule has 0 aliphatic heterocycles. The first-order valence-electron chi connectivity index (χ1n) is 5.11. The highest BCUT2D eigenvalue weighted by Crippen LogP contribution is 2.09. The van der Waals surface area contributed by atoms with Crippen molar-refractivity contribution in [1.29, 1.82) is 0 Å². The summed E-state index contributed by atoms with van der Waals surface area (Å²) in [5.74, 6) is 0.706. The second-order valence-electron chi connectivity index (χ2n) is 3.69. The number of hydrogen-bond acceptors (Lipinski definition) is 3. The van der Waals surface area contributed by atoms with E-state index in [9.17, 15) is 4.79 Å². The molecule has 88 valence electrons. The van der Waals surface area contributed by atoms with Crippen molar-refractivity contribution >= 4 is 11.7 Å². The van der Waals surface area contributed by atoms with Crippen LogP contribution in [0, 0.1) is 0 Å². The van der Waals surface area contributed by atoms with E-state index in [1.165, 1.54) is 4.90 Å². The molecule has 2 rings (SSSR count). The Labute approximate surface area is 98.9 Å². The Morgan fingerprint density at radius 2 is 2.24 bits per heavy atom. The monoisotopic (exact) mass is 231 g/mol. The van der Waals surface area contributed by atoms with Gasteiger partial charge in [-0.3, -0.25) is 0 Å². The summed E-state index contributed by atoms with van der Waals surface area (Å²) in [6.45, 7) is 0. The van der Waals surface area contributed by atoms with Gasteiger partial charge in [0.1, 0.15) is 0 Å². The molecule has 17 heavy (non-hydrogen) atoms. The molecule has 0 unspecified atom stereocenters. The molecular weight excluding hydrogens is 218 g/mol. The van der Waals surface area contributed by atoms with E-state index >= 15 is 0 Å². The van der Waals surface area contributed by atoms with Crippen LogP contribution in [0.15, 0.2) is 36.8 Å². The summed E-state index contributed by atoms with van der Waals surface area (Å²) in [4.78, 5) is 17.0. The zero-order valence-electron chi connectivity index (χ0n) is 9.66. The molecule has 0 aromatic carbocycles. The number of nitrogens with zero attached hydrogens (tertiary/aromatic N) is 4. The van der Waals surface area contributed by atoms with Crippen LogP contribution in [0.5, 0.6) is 0 Å². The largest absolute Gasteiger partial charge is 0.331 e. The molecule has 6 nitrogen and oxygen atoms in total. The average molecular weight is 231 g/mol. The highest BCUT2D eigenvalue weighted by Gasteiger charge is 2.06. The number of amides is 2. The van der Waals surface area contributed by atoms with Crippen molar-refractivity contribution in [2.45, 2.75) is 0 Å². The summed E-state index contributed by atoms with van der Waals surface area (Å²) in [6, 6.07) is 5.36. The van der Waals surface area contributed by atoms with Crippen LogP contribution in [0.25, 0.3) is 5.82 Å². The van der Waals surface area contributed by atoms with Gasteiger partial charge in [0.05, 0.1) is 18.1 Å². The molecule has 6 heteroatoms. The van der Waals surface area contributed by atoms with Crippen molar-refractivity contribution in [3.63, 3.8) is 0 Å². The fourth-order valence-electron chi connectivity index (χ4n) is 1.24. The Balaban J connectivity index is 2.14. The van der Waals surface area contributed by atoms with Gasteiger partial charge in [-0.05, 0) is 12.1 Å². The molecule has 0 fully saturated rings. The molecule has 0 aliphatic carbocycles. The first-order valence-corrected chi connectivity index (χ1v) is 5.11. The molecule has 0 atom stereocenters. The van der Waals surface area contributed by atoms with Gasteiger partial charge in [0, 0.05) is 20.3 Å². The molecule has 0 saturated carbocycles. The minimum absolute atomic E-state index is 0.189. The van der Waals surface area contributed by atoms with E-state index in [0.29, 0.717) is 11.5 Å². The second kappa shape index (κ2) is 4.65. The summed E-state index contributed by atoms with van der Waals surface area (Å²) in [5.41, 5.74) is 0.634. The van der Waals surface area contributed by atoms with Crippen molar-refractivity contribution in [2.75, 3.05) is 19.4 Å². The Bertz CT molecular complexity index is 506. The van der Waals surface area contributed by atoms with Crippen molar-refractivity contribution in [2.24, 2.45) is 0 Å². The van der Waals surface area contributed by atoms with Crippen LogP contribution >= 0.6 is 0 Å². The van der Waals surface area contributed by atoms with Crippen LogP contribution < -0.4 is 5.32 Å². The quantitative estimate of drug-likeness (QED) is 0.848. The highest BCUT2D eigenvalue weighted by atomic mass is 16.2. The SMILES string of the molecule is CN(C)C(=O)Nc1cnn(-c2ccccn2)c1. The van der Waals surface area contributed by atoms with Gasteiger partial charge in [-0.15, -0.1) is 0 Å². The van der Waals surface area contributed by atoms with Gasteiger partial charge < -0.3 is 10.2 Å². The molecule has 0 saturated heterocycles. The van der Waals surface area contributed by atoms with Crippen molar-refractivity contribution in [1.82, 2.24) is 19.7 Å². The van der Waals surface area contributed by atoms with E-state index in [1.807, 2.05) is 18.2 Å². The molecule has 0 bridgehead atoms. The van der Waals surface area contributed by atoms with Gasteiger partial charge >= 0.3 is 6.03 Å². The van der Waals surface area contributed by atoms with Gasteiger partial charge in [0.25, 0.3) is 0 Å². The number of carbonyl (C=O) groups is 1. The van der Waals surface area contributed by atoms with Gasteiger partial charge in [-0.25, -0.2) is 14.5 Å². The molecule has 0 radical (unpaired) electrons. The van der Waals surface area contributed by atoms with Crippen LogP contribution in [0.4, 0.5) is 10.5 Å². The predicted octanol–water partition coefficient (Wildman–Crippen LogP) is 1.36. The Hall–Kier alpha value is -2.37. The lowest BCUT2D eigenvalue weighted by Gasteiger charge is -2.09. The summed E-state index contributed by atoms with van der Waals surface area (Å²) in [7, 11) is 3.36. The molecule has 1 N–H and O–H groups in total. The summed E-state index contributed by atoms with van der Waals surface area (Å²) >= 11 is 0. The Morgan fingerprint density at radius 3 is 2.88 bits per heavy atom. The van der Waals surface area contributed by atoms with Gasteiger partial charge in [0.15, 0.2) is 5.82 Å². The topological polar surface area (TPSA) is 63.1 Å². The third kappa shape index (κ3) is 2.60. The van der Waals surface area contributed by atoms with Crippen LogP contribution in [0.2, 0.25) is 0 Å². The van der Waals surface area contributed by atoms with Crippen molar-refractivity contribution in [3.05, 3.63) is 36.8 Å². The fraction of sp³-hybridized carbons (Fsp3) is 0.182. The third-order valence-corrected chi connectivity index (χ3v) is 2.12. The van der Waals surface area contributed by atoms with E-state index < -0.39 is 0 Å². The number of urea groups is 1. The fourth-order valence-corrected chi connectivity index (χ4v) is 1.24. The summed E-state index contributed by atoms with van der Waals surface area (Å²) in [5, 5.41) is 6.83. The van der Waals surface area contributed by atoms with Crippen LogP contribution in [-0.2, 0) is 0 Å². The standard InChI is InChI=1S/C11H13N5O/c1-15(2)11(17)14-9-7-13-16(8-9)10-5-3-4-6-12-10/h3-8H,1-2H3,(H,14,17). The third-order valence-electron chi connectivity index (χ3n) is 2.12. The molecular formula is C11H13N5O. The normalized spacial score (nSPS) is 10.0. The smallest absolute Gasteiger partial charge is 0.321 e. The number of hydrogen-bond donors (Lipinski definition) is 1. The first-order chi connectivity index (χ1) is 8.16.